The second kappa shape index (κ2) is 9.02. The smallest absolute Gasteiger partial charge is 0.206 e. The largest absolute Gasteiger partial charge is 0.416 e. The Kier molecular flexibility index (Phi) is 6.36. The molecule has 0 nitrogen and oxygen atoms in total. The lowest BCUT2D eigenvalue weighted by molar-refractivity contribution is -0.137. The molecular weight excluding hydrogens is 400 g/mol. The van der Waals surface area contributed by atoms with E-state index in [0.717, 1.165) is 47.8 Å². The van der Waals surface area contributed by atoms with Crippen molar-refractivity contribution in [1.29, 1.82) is 0 Å². The summed E-state index contributed by atoms with van der Waals surface area (Å²) in [7, 11) is 0. The highest BCUT2D eigenvalue weighted by atomic mass is 19.4. The highest BCUT2D eigenvalue weighted by Gasteiger charge is 2.34. The molecule has 0 spiro atoms. The third kappa shape index (κ3) is 4.49. The van der Waals surface area contributed by atoms with Crippen LogP contribution in [-0.4, -0.2) is 0 Å². The molecular formula is C27H28F4. The number of alkyl halides is 3. The molecule has 3 aromatic rings. The lowest BCUT2D eigenvalue weighted by atomic mass is 9.69. The maximum Gasteiger partial charge on any atom is 0.416 e. The quantitative estimate of drug-likeness (QED) is 0.272. The van der Waals surface area contributed by atoms with Gasteiger partial charge in [0, 0.05) is 11.3 Å². The summed E-state index contributed by atoms with van der Waals surface area (Å²) in [6, 6.07) is 14.7. The van der Waals surface area contributed by atoms with Crippen LogP contribution in [0.3, 0.4) is 0 Å². The van der Waals surface area contributed by atoms with Crippen LogP contribution in [0.2, 0.25) is 0 Å². The van der Waals surface area contributed by atoms with Crippen LogP contribution in [0.1, 0.15) is 73.6 Å². The Labute approximate surface area is 181 Å². The van der Waals surface area contributed by atoms with Crippen LogP contribution in [0.4, 0.5) is 17.6 Å². The molecule has 0 heterocycles. The summed E-state index contributed by atoms with van der Waals surface area (Å²) >= 11 is 0. The molecule has 0 radical (unpaired) electrons. The molecule has 31 heavy (non-hydrogen) atoms. The minimum absolute atomic E-state index is 0.0420. The van der Waals surface area contributed by atoms with Gasteiger partial charge in [0.2, 0.25) is 0 Å². The van der Waals surface area contributed by atoms with Crippen molar-refractivity contribution < 1.29 is 17.6 Å². The molecule has 1 aliphatic rings. The molecule has 4 rings (SSSR count). The molecule has 0 fully saturated rings. The zero-order valence-electron chi connectivity index (χ0n) is 17.8. The lowest BCUT2D eigenvalue weighted by Crippen LogP contribution is -2.22. The maximum atomic E-state index is 14.3. The van der Waals surface area contributed by atoms with Gasteiger partial charge in [0.05, 0.1) is 5.56 Å². The molecule has 0 bridgehead atoms. The van der Waals surface area contributed by atoms with Crippen molar-refractivity contribution >= 4 is 10.8 Å². The standard InChI is InChI=1S/C27H28F4/c1-2-3-4-5-7-18-12-15-22-21-8-6-9-25(28)23(21)16-17-24(22)26(18)19-10-13-20(14-11-19)27(29,30)31/h6,8-11,13-14,16-18,26H,2-5,7,12,15H2,1H3/t18-,26-/m1/s1. The van der Waals surface area contributed by atoms with Crippen LogP contribution in [0.5, 0.6) is 0 Å². The molecule has 164 valence electrons. The SMILES string of the molecule is CCCCCC[C@@H]1CCc2c(ccc3c(F)cccc23)[C@H]1c1ccc(C(F)(F)F)cc1. The zero-order valence-corrected chi connectivity index (χ0v) is 17.8. The summed E-state index contributed by atoms with van der Waals surface area (Å²) in [4.78, 5) is 0. The fraction of sp³-hybridized carbons (Fsp3) is 0.407. The highest BCUT2D eigenvalue weighted by Crippen LogP contribution is 2.46. The number of benzene rings is 3. The minimum atomic E-state index is -4.34. The summed E-state index contributed by atoms with van der Waals surface area (Å²) in [5, 5.41) is 1.55. The molecule has 0 saturated heterocycles. The number of aryl methyl sites for hydroxylation is 1. The van der Waals surface area contributed by atoms with E-state index in [2.05, 4.69) is 6.92 Å². The maximum absolute atomic E-state index is 14.3. The molecule has 0 unspecified atom stereocenters. The Morgan fingerprint density at radius 3 is 2.35 bits per heavy atom. The first kappa shape index (κ1) is 21.9. The molecule has 0 saturated carbocycles. The molecule has 1 aliphatic carbocycles. The first-order chi connectivity index (χ1) is 14.9. The van der Waals surface area contributed by atoms with Gasteiger partial charge >= 0.3 is 6.18 Å². The fourth-order valence-electron chi connectivity index (χ4n) is 5.19. The van der Waals surface area contributed by atoms with E-state index in [1.165, 1.54) is 37.5 Å². The van der Waals surface area contributed by atoms with E-state index in [-0.39, 0.29) is 11.7 Å². The van der Waals surface area contributed by atoms with Gasteiger partial charge < -0.3 is 0 Å². The van der Waals surface area contributed by atoms with Crippen LogP contribution in [0.25, 0.3) is 10.8 Å². The molecule has 0 amide bonds. The summed E-state index contributed by atoms with van der Waals surface area (Å²) in [5.41, 5.74) is 2.59. The Hall–Kier alpha value is -2.36. The predicted octanol–water partition coefficient (Wildman–Crippen LogP) is 8.66. The van der Waals surface area contributed by atoms with E-state index >= 15 is 0 Å². The van der Waals surface area contributed by atoms with Crippen molar-refractivity contribution in [3.8, 4) is 0 Å². The Morgan fingerprint density at radius 1 is 0.871 bits per heavy atom. The summed E-state index contributed by atoms with van der Waals surface area (Å²) in [5.74, 6) is 0.195. The topological polar surface area (TPSA) is 0 Å². The van der Waals surface area contributed by atoms with Gasteiger partial charge in [-0.1, -0.05) is 69.0 Å². The van der Waals surface area contributed by atoms with Crippen molar-refractivity contribution in [1.82, 2.24) is 0 Å². The first-order valence-corrected chi connectivity index (χ1v) is 11.3. The molecule has 0 aliphatic heterocycles. The van der Waals surface area contributed by atoms with E-state index in [9.17, 15) is 17.6 Å². The van der Waals surface area contributed by atoms with Gasteiger partial charge in [-0.15, -0.1) is 0 Å². The van der Waals surface area contributed by atoms with Crippen molar-refractivity contribution in [2.24, 2.45) is 5.92 Å². The number of hydrogen-bond acceptors (Lipinski definition) is 0. The number of fused-ring (bicyclic) bond motifs is 3. The van der Waals surface area contributed by atoms with Crippen molar-refractivity contribution in [2.75, 3.05) is 0 Å². The Balaban J connectivity index is 1.75. The van der Waals surface area contributed by atoms with E-state index in [1.54, 1.807) is 18.2 Å². The summed E-state index contributed by atoms with van der Waals surface area (Å²) in [6.45, 7) is 2.19. The van der Waals surface area contributed by atoms with Crippen LogP contribution in [0.15, 0.2) is 54.6 Å². The van der Waals surface area contributed by atoms with Crippen LogP contribution in [0, 0.1) is 11.7 Å². The first-order valence-electron chi connectivity index (χ1n) is 11.3. The molecule has 2 atom stereocenters. The van der Waals surface area contributed by atoms with Crippen molar-refractivity contribution in [3.05, 3.63) is 82.7 Å². The monoisotopic (exact) mass is 428 g/mol. The number of hydrogen-bond donors (Lipinski definition) is 0. The van der Waals surface area contributed by atoms with E-state index in [1.807, 2.05) is 18.2 Å². The minimum Gasteiger partial charge on any atom is -0.206 e. The number of rotatable bonds is 6. The predicted molar refractivity (Wildman–Crippen MR) is 118 cm³/mol. The van der Waals surface area contributed by atoms with Crippen molar-refractivity contribution in [3.63, 3.8) is 0 Å². The second-order valence-corrected chi connectivity index (χ2v) is 8.71. The van der Waals surface area contributed by atoms with Crippen LogP contribution >= 0.6 is 0 Å². The Morgan fingerprint density at radius 2 is 1.65 bits per heavy atom. The molecule has 0 N–H and O–H groups in total. The fourth-order valence-corrected chi connectivity index (χ4v) is 5.19. The summed E-state index contributed by atoms with van der Waals surface area (Å²) < 4.78 is 53.6. The Bertz CT molecular complexity index is 1030. The average molecular weight is 429 g/mol. The van der Waals surface area contributed by atoms with Gasteiger partial charge in [0.1, 0.15) is 5.82 Å². The highest BCUT2D eigenvalue weighted by molar-refractivity contribution is 5.88. The lowest BCUT2D eigenvalue weighted by Gasteiger charge is -2.35. The van der Waals surface area contributed by atoms with Crippen molar-refractivity contribution in [2.45, 2.75) is 64.0 Å². The second-order valence-electron chi connectivity index (χ2n) is 8.71. The van der Waals surface area contributed by atoms with E-state index < -0.39 is 11.7 Å². The van der Waals surface area contributed by atoms with Gasteiger partial charge in [0.15, 0.2) is 0 Å². The zero-order chi connectivity index (χ0) is 22.0. The normalized spacial score (nSPS) is 18.9. The van der Waals surface area contributed by atoms with Gasteiger partial charge in [-0.25, -0.2) is 4.39 Å². The molecule has 0 aromatic heterocycles. The third-order valence-corrected chi connectivity index (χ3v) is 6.75. The molecule has 4 heteroatoms. The number of halogens is 4. The average Bonchev–Trinajstić information content (AvgIpc) is 2.76. The number of unbranched alkanes of at least 4 members (excludes halogenated alkanes) is 3. The van der Waals surface area contributed by atoms with Gasteiger partial charge in [-0.3, -0.25) is 0 Å². The summed E-state index contributed by atoms with van der Waals surface area (Å²) in [6.07, 6.45) is 3.27. The third-order valence-electron chi connectivity index (χ3n) is 6.75. The molecule has 3 aromatic carbocycles. The van der Waals surface area contributed by atoms with Crippen LogP contribution in [-0.2, 0) is 12.6 Å². The van der Waals surface area contributed by atoms with E-state index in [0.29, 0.717) is 11.3 Å². The van der Waals surface area contributed by atoms with E-state index in [4.69, 9.17) is 0 Å². The van der Waals surface area contributed by atoms with Gasteiger partial charge in [-0.2, -0.15) is 13.2 Å². The van der Waals surface area contributed by atoms with Gasteiger partial charge in [-0.05, 0) is 65.5 Å². The van der Waals surface area contributed by atoms with Gasteiger partial charge in [0.25, 0.3) is 0 Å². The van der Waals surface area contributed by atoms with Crippen LogP contribution < -0.4 is 0 Å².